The summed E-state index contributed by atoms with van der Waals surface area (Å²) in [4.78, 5) is 29.4. The molecule has 2 heterocycles. The molecule has 0 saturated heterocycles. The van der Waals surface area contributed by atoms with Crippen molar-refractivity contribution < 1.29 is 14.0 Å². The third kappa shape index (κ3) is 5.15. The zero-order valence-corrected chi connectivity index (χ0v) is 17.5. The van der Waals surface area contributed by atoms with Crippen LogP contribution in [-0.2, 0) is 4.79 Å². The summed E-state index contributed by atoms with van der Waals surface area (Å²) >= 11 is 1.18. The molecule has 2 aromatic carbocycles. The molecule has 7 heteroatoms. The van der Waals surface area contributed by atoms with Gasteiger partial charge in [-0.15, -0.1) is 0 Å². The third-order valence-corrected chi connectivity index (χ3v) is 5.27. The number of nitrogens with zero attached hydrogens (tertiary/aromatic N) is 1. The minimum absolute atomic E-state index is 0.194. The van der Waals surface area contributed by atoms with Crippen LogP contribution in [0.2, 0.25) is 0 Å². The lowest BCUT2D eigenvalue weighted by Gasteiger charge is -2.04. The third-order valence-electron chi connectivity index (χ3n) is 4.38. The molecule has 0 fully saturated rings. The van der Waals surface area contributed by atoms with Crippen molar-refractivity contribution in [2.75, 3.05) is 10.6 Å². The summed E-state index contributed by atoms with van der Waals surface area (Å²) in [5.41, 5.74) is 3.44. The van der Waals surface area contributed by atoms with E-state index in [1.54, 1.807) is 18.2 Å². The number of aryl methyl sites for hydroxylation is 1. The zero-order valence-electron chi connectivity index (χ0n) is 16.7. The fourth-order valence-electron chi connectivity index (χ4n) is 2.82. The Balaban J connectivity index is 1.58. The van der Waals surface area contributed by atoms with Crippen molar-refractivity contribution in [1.82, 2.24) is 4.98 Å². The van der Waals surface area contributed by atoms with Crippen molar-refractivity contribution in [3.8, 4) is 11.3 Å². The predicted molar refractivity (Wildman–Crippen MR) is 123 cm³/mol. The van der Waals surface area contributed by atoms with Crippen LogP contribution < -0.4 is 10.6 Å². The van der Waals surface area contributed by atoms with Crippen LogP contribution in [0.1, 0.15) is 21.7 Å². The number of benzene rings is 2. The van der Waals surface area contributed by atoms with Gasteiger partial charge in [0.25, 0.3) is 5.91 Å². The Bertz CT molecular complexity index is 1210. The lowest BCUT2D eigenvalue weighted by atomic mass is 10.1. The topological polar surface area (TPSA) is 84.2 Å². The van der Waals surface area contributed by atoms with E-state index in [1.807, 2.05) is 61.5 Å². The van der Waals surface area contributed by atoms with Crippen LogP contribution in [0.4, 0.5) is 10.1 Å². The van der Waals surface area contributed by atoms with Gasteiger partial charge in [-0.1, -0.05) is 71.5 Å². The van der Waals surface area contributed by atoms with Gasteiger partial charge in [0, 0.05) is 11.6 Å². The van der Waals surface area contributed by atoms with Gasteiger partial charge in [0.05, 0.1) is 6.26 Å². The van der Waals surface area contributed by atoms with Gasteiger partial charge >= 0.3 is 0 Å². The molecular weight excluding hydrogens is 410 g/mol. The Labute approximate surface area is 183 Å². The summed E-state index contributed by atoms with van der Waals surface area (Å²) in [6, 6.07) is 20.5. The number of furan rings is 1. The summed E-state index contributed by atoms with van der Waals surface area (Å²) in [6.07, 6.45) is 4.61. The van der Waals surface area contributed by atoms with E-state index in [0.717, 1.165) is 16.7 Å². The lowest BCUT2D eigenvalue weighted by Crippen LogP contribution is -2.10. The van der Waals surface area contributed by atoms with E-state index in [0.29, 0.717) is 15.8 Å². The van der Waals surface area contributed by atoms with Gasteiger partial charge in [-0.3, -0.25) is 14.9 Å². The monoisotopic (exact) mass is 429 g/mol. The van der Waals surface area contributed by atoms with Crippen molar-refractivity contribution in [1.29, 1.82) is 0 Å². The molecule has 2 amide bonds. The van der Waals surface area contributed by atoms with Crippen LogP contribution >= 0.6 is 11.3 Å². The maximum Gasteiger partial charge on any atom is 0.292 e. The normalized spacial score (nSPS) is 10.9. The molecule has 0 bridgehead atoms. The van der Waals surface area contributed by atoms with Crippen molar-refractivity contribution in [2.45, 2.75) is 6.92 Å². The first-order valence-corrected chi connectivity index (χ1v) is 10.4. The van der Waals surface area contributed by atoms with Crippen LogP contribution in [0.25, 0.3) is 17.3 Å². The smallest absolute Gasteiger partial charge is 0.292 e. The van der Waals surface area contributed by atoms with E-state index in [-0.39, 0.29) is 17.6 Å². The molecule has 6 nitrogen and oxygen atoms in total. The maximum absolute atomic E-state index is 12.5. The van der Waals surface area contributed by atoms with Crippen LogP contribution in [0, 0.1) is 6.92 Å². The van der Waals surface area contributed by atoms with Gasteiger partial charge in [0.1, 0.15) is 10.7 Å². The summed E-state index contributed by atoms with van der Waals surface area (Å²) < 4.78 is 5.17. The molecule has 0 aliphatic rings. The first-order valence-electron chi connectivity index (χ1n) is 9.55. The SMILES string of the molecule is Cc1ccc(-c2nc(NC(=O)/C=C/c3ccccc3)sc2NC(=O)c2ccco2)cc1. The van der Waals surface area contributed by atoms with E-state index in [9.17, 15) is 9.59 Å². The van der Waals surface area contributed by atoms with E-state index >= 15 is 0 Å². The van der Waals surface area contributed by atoms with Crippen molar-refractivity contribution in [3.05, 3.63) is 96.0 Å². The molecular formula is C24H19N3O3S. The predicted octanol–water partition coefficient (Wildman–Crippen LogP) is 5.62. The van der Waals surface area contributed by atoms with E-state index in [1.165, 1.54) is 23.7 Å². The summed E-state index contributed by atoms with van der Waals surface area (Å²) in [6.45, 7) is 2.00. The number of carbonyl (C=O) groups is 2. The molecule has 0 atom stereocenters. The molecule has 0 saturated carbocycles. The fourth-order valence-corrected chi connectivity index (χ4v) is 3.71. The molecule has 0 spiro atoms. The fraction of sp³-hybridized carbons (Fsp3) is 0.0417. The largest absolute Gasteiger partial charge is 0.459 e. The Kier molecular flexibility index (Phi) is 6.05. The second kappa shape index (κ2) is 9.23. The number of rotatable bonds is 6. The molecule has 2 aromatic heterocycles. The molecule has 31 heavy (non-hydrogen) atoms. The minimum Gasteiger partial charge on any atom is -0.459 e. The highest BCUT2D eigenvalue weighted by atomic mass is 32.1. The van der Waals surface area contributed by atoms with Gasteiger partial charge < -0.3 is 9.73 Å². The highest BCUT2D eigenvalue weighted by molar-refractivity contribution is 7.20. The van der Waals surface area contributed by atoms with Crippen molar-refractivity contribution in [3.63, 3.8) is 0 Å². The van der Waals surface area contributed by atoms with Crippen LogP contribution in [-0.4, -0.2) is 16.8 Å². The Morgan fingerprint density at radius 1 is 0.968 bits per heavy atom. The first kappa shape index (κ1) is 20.3. The minimum atomic E-state index is -0.385. The van der Waals surface area contributed by atoms with Gasteiger partial charge in [-0.05, 0) is 30.7 Å². The first-order chi connectivity index (χ1) is 15.1. The van der Waals surface area contributed by atoms with Gasteiger partial charge in [0.15, 0.2) is 10.9 Å². The van der Waals surface area contributed by atoms with Gasteiger partial charge in [0.2, 0.25) is 5.91 Å². The van der Waals surface area contributed by atoms with Crippen LogP contribution in [0.15, 0.2) is 83.5 Å². The van der Waals surface area contributed by atoms with Crippen molar-refractivity contribution >= 4 is 39.4 Å². The Morgan fingerprint density at radius 2 is 1.74 bits per heavy atom. The molecule has 0 aliphatic carbocycles. The molecule has 154 valence electrons. The van der Waals surface area contributed by atoms with Crippen LogP contribution in [0.5, 0.6) is 0 Å². The van der Waals surface area contributed by atoms with E-state index < -0.39 is 0 Å². The molecule has 0 unspecified atom stereocenters. The number of amides is 2. The second-order valence-electron chi connectivity index (χ2n) is 6.73. The quantitative estimate of drug-likeness (QED) is 0.390. The summed E-state index contributed by atoms with van der Waals surface area (Å²) in [7, 11) is 0. The second-order valence-corrected chi connectivity index (χ2v) is 7.73. The Hall–Kier alpha value is -3.97. The number of hydrogen-bond donors (Lipinski definition) is 2. The average molecular weight is 430 g/mol. The number of thiazole rings is 1. The number of hydrogen-bond acceptors (Lipinski definition) is 5. The van der Waals surface area contributed by atoms with Gasteiger partial charge in [-0.2, -0.15) is 0 Å². The molecule has 4 rings (SSSR count). The summed E-state index contributed by atoms with van der Waals surface area (Å²) in [5, 5.41) is 6.50. The zero-order chi connectivity index (χ0) is 21.6. The van der Waals surface area contributed by atoms with E-state index in [2.05, 4.69) is 15.6 Å². The molecule has 4 aromatic rings. The van der Waals surface area contributed by atoms with Gasteiger partial charge in [-0.25, -0.2) is 4.98 Å². The number of aromatic nitrogens is 1. The average Bonchev–Trinajstić information content (AvgIpc) is 3.44. The number of anilines is 2. The molecule has 0 radical (unpaired) electrons. The molecule has 0 aliphatic heterocycles. The Morgan fingerprint density at radius 3 is 2.45 bits per heavy atom. The number of nitrogens with one attached hydrogen (secondary N) is 2. The maximum atomic E-state index is 12.5. The molecule has 2 N–H and O–H groups in total. The highest BCUT2D eigenvalue weighted by Crippen LogP contribution is 2.36. The highest BCUT2D eigenvalue weighted by Gasteiger charge is 2.18. The van der Waals surface area contributed by atoms with Crippen molar-refractivity contribution in [2.24, 2.45) is 0 Å². The van der Waals surface area contributed by atoms with Crippen LogP contribution in [0.3, 0.4) is 0 Å². The standard InChI is InChI=1S/C24H19N3O3S/c1-16-9-12-18(13-10-16)21-23(27-22(29)19-8-5-15-30-19)31-24(26-21)25-20(28)14-11-17-6-3-2-4-7-17/h2-15H,1H3,(H,27,29)(H,25,26,28)/b14-11+. The van der Waals surface area contributed by atoms with E-state index in [4.69, 9.17) is 4.42 Å². The number of carbonyl (C=O) groups excluding carboxylic acids is 2. The lowest BCUT2D eigenvalue weighted by molar-refractivity contribution is -0.111. The summed E-state index contributed by atoms with van der Waals surface area (Å²) in [5.74, 6) is -0.500.